The van der Waals surface area contributed by atoms with Gasteiger partial charge in [0, 0.05) is 12.3 Å². The zero-order valence-corrected chi connectivity index (χ0v) is 10.6. The summed E-state index contributed by atoms with van der Waals surface area (Å²) < 4.78 is 7.14. The molecule has 0 aliphatic rings. The van der Waals surface area contributed by atoms with E-state index in [0.29, 0.717) is 17.2 Å². The molecule has 0 bridgehead atoms. The molecule has 4 heteroatoms. The molecule has 1 aromatic heterocycles. The Morgan fingerprint density at radius 2 is 1.60 bits per heavy atom. The molecule has 0 aliphatic carbocycles. The van der Waals surface area contributed by atoms with Crippen LogP contribution in [0.3, 0.4) is 0 Å². The Balaban J connectivity index is 2.06. The number of aromatic nitrogens is 2. The highest BCUT2D eigenvalue weighted by Gasteiger charge is 2.08. The smallest absolute Gasteiger partial charge is 0.271 e. The first kappa shape index (κ1) is 12.2. The molecule has 0 spiro atoms. The molecule has 0 fully saturated rings. The van der Waals surface area contributed by atoms with E-state index in [1.807, 2.05) is 48.5 Å². The fourth-order valence-electron chi connectivity index (χ4n) is 1.87. The van der Waals surface area contributed by atoms with E-state index >= 15 is 0 Å². The molecular formula is C16H12N2O2. The summed E-state index contributed by atoms with van der Waals surface area (Å²) in [5, 5.41) is 4.07. The molecule has 0 amide bonds. The van der Waals surface area contributed by atoms with E-state index in [1.54, 1.807) is 18.3 Å². The summed E-state index contributed by atoms with van der Waals surface area (Å²) in [4.78, 5) is 11.9. The number of para-hydroxylation sites is 3. The molecule has 98 valence electrons. The number of hydrogen-bond acceptors (Lipinski definition) is 3. The summed E-state index contributed by atoms with van der Waals surface area (Å²) >= 11 is 0. The van der Waals surface area contributed by atoms with Crippen molar-refractivity contribution in [2.45, 2.75) is 0 Å². The van der Waals surface area contributed by atoms with Crippen LogP contribution in [0.1, 0.15) is 0 Å². The highest BCUT2D eigenvalue weighted by molar-refractivity contribution is 5.47. The number of benzene rings is 2. The number of rotatable bonds is 3. The molecule has 0 atom stereocenters. The topological polar surface area (TPSA) is 44.1 Å². The van der Waals surface area contributed by atoms with Crippen LogP contribution < -0.4 is 10.3 Å². The highest BCUT2D eigenvalue weighted by Crippen LogP contribution is 2.26. The first-order chi connectivity index (χ1) is 9.84. The van der Waals surface area contributed by atoms with Crippen molar-refractivity contribution in [1.82, 2.24) is 9.78 Å². The minimum atomic E-state index is -0.198. The van der Waals surface area contributed by atoms with Crippen molar-refractivity contribution in [3.8, 4) is 17.2 Å². The van der Waals surface area contributed by atoms with E-state index in [1.165, 1.54) is 10.7 Å². The third-order valence-corrected chi connectivity index (χ3v) is 2.78. The Hall–Kier alpha value is -2.88. The molecule has 0 aliphatic heterocycles. The van der Waals surface area contributed by atoms with Crippen molar-refractivity contribution in [1.29, 1.82) is 0 Å². The van der Waals surface area contributed by atoms with Crippen molar-refractivity contribution in [2.24, 2.45) is 0 Å². The van der Waals surface area contributed by atoms with Gasteiger partial charge in [0.2, 0.25) is 0 Å². The Labute approximate surface area is 115 Å². The second-order valence-corrected chi connectivity index (χ2v) is 4.16. The lowest BCUT2D eigenvalue weighted by Gasteiger charge is -2.11. The average Bonchev–Trinajstić information content (AvgIpc) is 2.50. The van der Waals surface area contributed by atoms with Crippen molar-refractivity contribution in [3.05, 3.63) is 83.3 Å². The predicted molar refractivity (Wildman–Crippen MR) is 76.4 cm³/mol. The van der Waals surface area contributed by atoms with E-state index in [0.717, 1.165) is 0 Å². The van der Waals surface area contributed by atoms with Crippen molar-refractivity contribution < 1.29 is 4.74 Å². The largest absolute Gasteiger partial charge is 0.455 e. The molecule has 0 saturated heterocycles. The van der Waals surface area contributed by atoms with Crippen molar-refractivity contribution >= 4 is 0 Å². The minimum absolute atomic E-state index is 0.198. The van der Waals surface area contributed by atoms with Crippen molar-refractivity contribution in [3.63, 3.8) is 0 Å². The van der Waals surface area contributed by atoms with Crippen LogP contribution in [0.2, 0.25) is 0 Å². The van der Waals surface area contributed by atoms with Crippen LogP contribution in [0.4, 0.5) is 0 Å². The summed E-state index contributed by atoms with van der Waals surface area (Å²) in [5.74, 6) is 1.29. The summed E-state index contributed by atoms with van der Waals surface area (Å²) in [6.07, 6.45) is 1.57. The van der Waals surface area contributed by atoms with Gasteiger partial charge in [-0.15, -0.1) is 0 Å². The zero-order valence-electron chi connectivity index (χ0n) is 10.6. The molecule has 20 heavy (non-hydrogen) atoms. The summed E-state index contributed by atoms with van der Waals surface area (Å²) in [6, 6.07) is 19.8. The summed E-state index contributed by atoms with van der Waals surface area (Å²) in [7, 11) is 0. The van der Waals surface area contributed by atoms with Crippen LogP contribution in [0.25, 0.3) is 5.69 Å². The second kappa shape index (κ2) is 5.40. The Morgan fingerprint density at radius 1 is 0.850 bits per heavy atom. The van der Waals surface area contributed by atoms with Gasteiger partial charge in [-0.3, -0.25) is 4.79 Å². The summed E-state index contributed by atoms with van der Waals surface area (Å²) in [5.41, 5.74) is 0.415. The molecule has 3 rings (SSSR count). The fourth-order valence-corrected chi connectivity index (χ4v) is 1.87. The van der Waals surface area contributed by atoms with Gasteiger partial charge in [0.15, 0.2) is 5.75 Å². The standard InChI is InChI=1S/C16H12N2O2/c19-16-11-6-12-17-18(16)14-9-4-5-10-15(14)20-13-7-2-1-3-8-13/h1-12H. The van der Waals surface area contributed by atoms with Gasteiger partial charge in [-0.2, -0.15) is 9.78 Å². The second-order valence-electron chi connectivity index (χ2n) is 4.16. The molecule has 2 aromatic carbocycles. The third kappa shape index (κ3) is 2.44. The monoisotopic (exact) mass is 264 g/mol. The normalized spacial score (nSPS) is 10.2. The zero-order chi connectivity index (χ0) is 13.8. The number of ether oxygens (including phenoxy) is 1. The van der Waals surface area contributed by atoms with Crippen LogP contribution in [-0.4, -0.2) is 9.78 Å². The quantitative estimate of drug-likeness (QED) is 0.730. The SMILES string of the molecule is O=c1cccnn1-c1ccccc1Oc1ccccc1. The number of nitrogens with zero attached hydrogens (tertiary/aromatic N) is 2. The van der Waals surface area contributed by atoms with E-state index in [9.17, 15) is 4.79 Å². The van der Waals surface area contributed by atoms with Gasteiger partial charge < -0.3 is 4.74 Å². The first-order valence-electron chi connectivity index (χ1n) is 6.21. The average molecular weight is 264 g/mol. The lowest BCUT2D eigenvalue weighted by atomic mass is 10.3. The van der Waals surface area contributed by atoms with Gasteiger partial charge in [0.1, 0.15) is 11.4 Å². The van der Waals surface area contributed by atoms with E-state index in [-0.39, 0.29) is 5.56 Å². The van der Waals surface area contributed by atoms with Crippen molar-refractivity contribution in [2.75, 3.05) is 0 Å². The highest BCUT2D eigenvalue weighted by atomic mass is 16.5. The van der Waals surface area contributed by atoms with Gasteiger partial charge in [0.05, 0.1) is 0 Å². The van der Waals surface area contributed by atoms with E-state index in [2.05, 4.69) is 5.10 Å². The van der Waals surface area contributed by atoms with Crippen LogP contribution in [0, 0.1) is 0 Å². The predicted octanol–water partition coefficient (Wildman–Crippen LogP) is 3.02. The molecule has 3 aromatic rings. The lowest BCUT2D eigenvalue weighted by molar-refractivity contribution is 0.477. The van der Waals surface area contributed by atoms with E-state index < -0.39 is 0 Å². The first-order valence-corrected chi connectivity index (χ1v) is 6.21. The maximum absolute atomic E-state index is 11.9. The van der Waals surface area contributed by atoms with Crippen LogP contribution in [0.15, 0.2) is 77.7 Å². The molecular weight excluding hydrogens is 252 g/mol. The van der Waals surface area contributed by atoms with Gasteiger partial charge in [0.25, 0.3) is 5.56 Å². The van der Waals surface area contributed by atoms with Gasteiger partial charge in [-0.25, -0.2) is 0 Å². The Bertz CT molecular complexity index is 766. The Morgan fingerprint density at radius 3 is 2.40 bits per heavy atom. The summed E-state index contributed by atoms with van der Waals surface area (Å²) in [6.45, 7) is 0. The van der Waals surface area contributed by atoms with E-state index in [4.69, 9.17) is 4.74 Å². The molecule has 0 unspecified atom stereocenters. The molecule has 1 heterocycles. The Kier molecular flexibility index (Phi) is 3.29. The van der Waals surface area contributed by atoms with Gasteiger partial charge in [-0.05, 0) is 30.3 Å². The molecule has 0 saturated carbocycles. The van der Waals surface area contributed by atoms with Crippen LogP contribution in [-0.2, 0) is 0 Å². The maximum atomic E-state index is 11.9. The lowest BCUT2D eigenvalue weighted by Crippen LogP contribution is -2.19. The molecule has 0 N–H and O–H groups in total. The third-order valence-electron chi connectivity index (χ3n) is 2.78. The molecule has 4 nitrogen and oxygen atoms in total. The minimum Gasteiger partial charge on any atom is -0.455 e. The van der Waals surface area contributed by atoms with Crippen LogP contribution >= 0.6 is 0 Å². The van der Waals surface area contributed by atoms with Gasteiger partial charge in [-0.1, -0.05) is 30.3 Å². The molecule has 0 radical (unpaired) electrons. The fraction of sp³-hybridized carbons (Fsp3) is 0. The van der Waals surface area contributed by atoms with Crippen LogP contribution in [0.5, 0.6) is 11.5 Å². The number of hydrogen-bond donors (Lipinski definition) is 0. The van der Waals surface area contributed by atoms with Gasteiger partial charge >= 0.3 is 0 Å². The maximum Gasteiger partial charge on any atom is 0.271 e.